The molecule has 2 aliphatic carbocycles. The average Bonchev–Trinajstić information content (AvgIpc) is 3.81. The second-order valence-corrected chi connectivity index (χ2v) is 22.7. The van der Waals surface area contributed by atoms with Gasteiger partial charge >= 0.3 is 0 Å². The third-order valence-corrected chi connectivity index (χ3v) is 17.5. The minimum atomic E-state index is -0.275. The largest absolute Gasteiger partial charge is 0.455 e. The van der Waals surface area contributed by atoms with Crippen LogP contribution in [0.1, 0.15) is 74.9 Å². The first-order chi connectivity index (χ1) is 35.5. The van der Waals surface area contributed by atoms with Gasteiger partial charge in [-0.2, -0.15) is 0 Å². The lowest BCUT2D eigenvalue weighted by atomic mass is 9.73. The van der Waals surface area contributed by atoms with Gasteiger partial charge in [-0.25, -0.2) is 0 Å². The van der Waals surface area contributed by atoms with Crippen LogP contribution >= 0.6 is 11.8 Å². The Bertz CT molecular complexity index is 3890. The van der Waals surface area contributed by atoms with Crippen LogP contribution in [0.5, 0.6) is 23.0 Å². The van der Waals surface area contributed by atoms with Crippen molar-refractivity contribution in [2.24, 2.45) is 0 Å². The molecule has 2 aliphatic heterocycles. The van der Waals surface area contributed by atoms with E-state index in [9.17, 15) is 0 Å². The standard InChI is InChI=1S/C69H53NO2S/c1-67(2)53-22-12-10-18-51(53)61-55(67)38-39-58-65(61)71-63-49(20-14-24-57(63)69(58,5)6)44-28-34-47(35-29-44)70(46-32-26-43(27-33-46)42-16-8-7-9-17-42)48-36-30-45(31-37-48)50-21-15-25-59-64(50)72-66-60(73-59)41-40-56-62(66)52-19-11-13-23-54(52)68(56,3)4/h7-41H,1-6H3. The molecule has 0 aromatic heterocycles. The molecule has 0 saturated carbocycles. The van der Waals surface area contributed by atoms with Gasteiger partial charge in [-0.05, 0) is 104 Å². The molecule has 10 aromatic rings. The molecular formula is C69H53NO2S. The van der Waals surface area contributed by atoms with E-state index in [2.05, 4.69) is 259 Å². The summed E-state index contributed by atoms with van der Waals surface area (Å²) in [6, 6.07) is 77.5. The fraction of sp³-hybridized carbons (Fsp3) is 0.130. The third-order valence-electron chi connectivity index (χ3n) is 16.4. The van der Waals surface area contributed by atoms with Gasteiger partial charge in [0.05, 0.1) is 9.79 Å². The van der Waals surface area contributed by atoms with E-state index in [1.807, 2.05) is 0 Å². The molecule has 0 bridgehead atoms. The van der Waals surface area contributed by atoms with Crippen LogP contribution in [0, 0.1) is 0 Å². The van der Waals surface area contributed by atoms with Gasteiger partial charge in [0.2, 0.25) is 0 Å². The highest BCUT2D eigenvalue weighted by atomic mass is 32.2. The predicted molar refractivity (Wildman–Crippen MR) is 302 cm³/mol. The zero-order chi connectivity index (χ0) is 49.4. The molecule has 10 aromatic carbocycles. The summed E-state index contributed by atoms with van der Waals surface area (Å²) in [4.78, 5) is 4.63. The Hall–Kier alpha value is -8.05. The van der Waals surface area contributed by atoms with Crippen LogP contribution in [-0.4, -0.2) is 0 Å². The van der Waals surface area contributed by atoms with Crippen molar-refractivity contribution in [1.29, 1.82) is 0 Å². The fourth-order valence-electron chi connectivity index (χ4n) is 12.5. The lowest BCUT2D eigenvalue weighted by Gasteiger charge is -2.37. The molecule has 4 heteroatoms. The van der Waals surface area contributed by atoms with Gasteiger partial charge in [0.15, 0.2) is 0 Å². The molecule has 4 aliphatic rings. The number of anilines is 3. The average molecular weight is 960 g/mol. The summed E-state index contributed by atoms with van der Waals surface area (Å²) in [6.45, 7) is 14.0. The smallest absolute Gasteiger partial charge is 0.149 e. The Morgan fingerprint density at radius 2 is 0.685 bits per heavy atom. The first-order valence-corrected chi connectivity index (χ1v) is 26.3. The maximum Gasteiger partial charge on any atom is 0.149 e. The molecule has 0 saturated heterocycles. The molecule has 3 nitrogen and oxygen atoms in total. The molecule has 14 rings (SSSR count). The summed E-state index contributed by atoms with van der Waals surface area (Å²) in [6.07, 6.45) is 0. The van der Waals surface area contributed by atoms with Crippen molar-refractivity contribution in [3.63, 3.8) is 0 Å². The molecule has 0 unspecified atom stereocenters. The van der Waals surface area contributed by atoms with E-state index in [1.54, 1.807) is 11.8 Å². The highest BCUT2D eigenvalue weighted by Gasteiger charge is 2.44. The first-order valence-electron chi connectivity index (χ1n) is 25.5. The van der Waals surface area contributed by atoms with E-state index >= 15 is 0 Å². The van der Waals surface area contributed by atoms with Gasteiger partial charge in [-0.3, -0.25) is 0 Å². The SMILES string of the molecule is CC1(C)c2cccc(-c3ccc(N(c4ccc(-c5ccccc5)cc4)c4ccc(-c5cccc6c5Oc5c(ccc7c5-c5ccccc5C7(C)C)S6)cc4)cc3)c2Oc2c1ccc1c2-c2ccccc2C1(C)C. The zero-order valence-corrected chi connectivity index (χ0v) is 42.7. The normalized spacial score (nSPS) is 15.2. The maximum absolute atomic E-state index is 7.28. The molecule has 352 valence electrons. The topological polar surface area (TPSA) is 21.7 Å². The van der Waals surface area contributed by atoms with Crippen LogP contribution in [0.4, 0.5) is 17.1 Å². The Labute approximate surface area is 432 Å². The van der Waals surface area contributed by atoms with E-state index in [0.717, 1.165) is 72.1 Å². The minimum absolute atomic E-state index is 0.107. The van der Waals surface area contributed by atoms with Gasteiger partial charge < -0.3 is 14.4 Å². The monoisotopic (exact) mass is 959 g/mol. The van der Waals surface area contributed by atoms with Crippen molar-refractivity contribution in [2.75, 3.05) is 4.90 Å². The number of benzene rings is 10. The first kappa shape index (κ1) is 43.7. The number of para-hydroxylation sites is 2. The van der Waals surface area contributed by atoms with Crippen LogP contribution in [0.3, 0.4) is 0 Å². The summed E-state index contributed by atoms with van der Waals surface area (Å²) in [5, 5.41) is 0. The number of hydrogen-bond acceptors (Lipinski definition) is 4. The lowest BCUT2D eigenvalue weighted by molar-refractivity contribution is 0.420. The number of rotatable bonds is 6. The van der Waals surface area contributed by atoms with Crippen molar-refractivity contribution in [3.05, 3.63) is 246 Å². The lowest BCUT2D eigenvalue weighted by Crippen LogP contribution is -2.25. The van der Waals surface area contributed by atoms with Crippen molar-refractivity contribution in [2.45, 2.75) is 67.6 Å². The van der Waals surface area contributed by atoms with E-state index in [4.69, 9.17) is 9.47 Å². The van der Waals surface area contributed by atoms with Crippen molar-refractivity contribution >= 4 is 28.8 Å². The van der Waals surface area contributed by atoms with Gasteiger partial charge in [0.1, 0.15) is 23.0 Å². The molecule has 0 N–H and O–H groups in total. The van der Waals surface area contributed by atoms with E-state index in [-0.39, 0.29) is 16.2 Å². The summed E-state index contributed by atoms with van der Waals surface area (Å²) >= 11 is 1.80. The molecular weight excluding hydrogens is 907 g/mol. The van der Waals surface area contributed by atoms with Gasteiger partial charge in [-0.1, -0.05) is 217 Å². The highest BCUT2D eigenvalue weighted by Crippen LogP contribution is 2.62. The van der Waals surface area contributed by atoms with Crippen LogP contribution in [0.15, 0.2) is 222 Å². The van der Waals surface area contributed by atoms with Crippen LogP contribution in [0.25, 0.3) is 55.6 Å². The Balaban J connectivity index is 0.832. The molecule has 0 amide bonds. The van der Waals surface area contributed by atoms with Crippen LogP contribution in [-0.2, 0) is 16.2 Å². The molecule has 0 atom stereocenters. The van der Waals surface area contributed by atoms with Crippen molar-refractivity contribution in [1.82, 2.24) is 0 Å². The van der Waals surface area contributed by atoms with E-state index in [0.29, 0.717) is 0 Å². The zero-order valence-electron chi connectivity index (χ0n) is 41.9. The molecule has 0 fully saturated rings. The summed E-state index contributed by atoms with van der Waals surface area (Å²) < 4.78 is 14.4. The maximum atomic E-state index is 7.28. The van der Waals surface area contributed by atoms with Crippen molar-refractivity contribution in [3.8, 4) is 78.6 Å². The summed E-state index contributed by atoms with van der Waals surface area (Å²) in [5.41, 5.74) is 22.1. The number of hydrogen-bond donors (Lipinski definition) is 0. The minimum Gasteiger partial charge on any atom is -0.455 e. The Morgan fingerprint density at radius 3 is 1.29 bits per heavy atom. The number of ether oxygens (including phenoxy) is 2. The third kappa shape index (κ3) is 6.52. The van der Waals surface area contributed by atoms with Gasteiger partial charge in [0.25, 0.3) is 0 Å². The number of fused-ring (bicyclic) bond motifs is 12. The Morgan fingerprint density at radius 1 is 0.288 bits per heavy atom. The summed E-state index contributed by atoms with van der Waals surface area (Å²) in [5.74, 6) is 3.78. The van der Waals surface area contributed by atoms with E-state index < -0.39 is 0 Å². The molecule has 0 spiro atoms. The predicted octanol–water partition coefficient (Wildman–Crippen LogP) is 19.5. The molecule has 2 heterocycles. The number of nitrogens with zero attached hydrogens (tertiary/aromatic N) is 1. The Kier molecular flexibility index (Phi) is 9.57. The highest BCUT2D eigenvalue weighted by molar-refractivity contribution is 7.99. The van der Waals surface area contributed by atoms with Gasteiger partial charge in [-0.15, -0.1) is 0 Å². The summed E-state index contributed by atoms with van der Waals surface area (Å²) in [7, 11) is 0. The second kappa shape index (κ2) is 16.0. The van der Waals surface area contributed by atoms with Crippen LogP contribution in [0.2, 0.25) is 0 Å². The van der Waals surface area contributed by atoms with Crippen LogP contribution < -0.4 is 14.4 Å². The van der Waals surface area contributed by atoms with Gasteiger partial charge in [0, 0.05) is 66.7 Å². The fourth-order valence-corrected chi connectivity index (χ4v) is 13.5. The second-order valence-electron chi connectivity index (χ2n) is 21.6. The quantitative estimate of drug-likeness (QED) is 0.166. The molecule has 0 radical (unpaired) electrons. The van der Waals surface area contributed by atoms with E-state index in [1.165, 1.54) is 66.8 Å². The molecule has 73 heavy (non-hydrogen) atoms. The van der Waals surface area contributed by atoms with Crippen molar-refractivity contribution < 1.29 is 9.47 Å².